The maximum absolute atomic E-state index is 13.0. The summed E-state index contributed by atoms with van der Waals surface area (Å²) < 4.78 is 5.61. The Labute approximate surface area is 205 Å². The summed E-state index contributed by atoms with van der Waals surface area (Å²) in [6, 6.07) is 16.0. The predicted molar refractivity (Wildman–Crippen MR) is 131 cm³/mol. The summed E-state index contributed by atoms with van der Waals surface area (Å²) in [5.41, 5.74) is 4.64. The van der Waals surface area contributed by atoms with E-state index < -0.39 is 18.0 Å². The van der Waals surface area contributed by atoms with Crippen LogP contribution in [0.1, 0.15) is 55.6 Å². The number of carboxylic acid groups (broad SMARTS) is 1. The van der Waals surface area contributed by atoms with Crippen molar-refractivity contribution in [2.24, 2.45) is 17.8 Å². The van der Waals surface area contributed by atoms with Crippen molar-refractivity contribution in [1.29, 1.82) is 0 Å². The minimum Gasteiger partial charge on any atom is -0.481 e. The number of carbonyl (C=O) groups is 3. The first kappa shape index (κ1) is 23.4. The van der Waals surface area contributed by atoms with Gasteiger partial charge in [-0.2, -0.15) is 0 Å². The van der Waals surface area contributed by atoms with Gasteiger partial charge in [0.05, 0.1) is 12.3 Å². The molecule has 0 aliphatic heterocycles. The summed E-state index contributed by atoms with van der Waals surface area (Å²) in [6.07, 6.45) is 4.18. The lowest BCUT2D eigenvalue weighted by molar-refractivity contribution is -0.138. The molecular formula is C28H32N2O5. The molecule has 3 aliphatic rings. The molecule has 2 saturated carbocycles. The van der Waals surface area contributed by atoms with Crippen molar-refractivity contribution < 1.29 is 24.2 Å². The van der Waals surface area contributed by atoms with Gasteiger partial charge in [0.15, 0.2) is 0 Å². The van der Waals surface area contributed by atoms with Gasteiger partial charge in [-0.15, -0.1) is 0 Å². The highest BCUT2D eigenvalue weighted by atomic mass is 16.5. The van der Waals surface area contributed by atoms with Crippen molar-refractivity contribution in [1.82, 2.24) is 10.6 Å². The van der Waals surface area contributed by atoms with E-state index in [9.17, 15) is 19.5 Å². The van der Waals surface area contributed by atoms with E-state index in [-0.39, 0.29) is 43.4 Å². The number of carbonyl (C=O) groups excluding carboxylic acids is 2. The highest BCUT2D eigenvalue weighted by molar-refractivity contribution is 5.81. The lowest BCUT2D eigenvalue weighted by Gasteiger charge is -2.22. The van der Waals surface area contributed by atoms with E-state index in [2.05, 4.69) is 34.9 Å². The Morgan fingerprint density at radius 3 is 2.14 bits per heavy atom. The molecule has 7 nitrogen and oxygen atoms in total. The van der Waals surface area contributed by atoms with Crippen LogP contribution in [0.5, 0.6) is 0 Å². The number of benzene rings is 2. The van der Waals surface area contributed by atoms with Gasteiger partial charge < -0.3 is 20.5 Å². The molecule has 0 bridgehead atoms. The Bertz CT molecular complexity index is 1060. The first-order chi connectivity index (χ1) is 17.0. The summed E-state index contributed by atoms with van der Waals surface area (Å²) >= 11 is 0. The highest BCUT2D eigenvalue weighted by Gasteiger charge is 2.36. The first-order valence-corrected chi connectivity index (χ1v) is 12.6. The van der Waals surface area contributed by atoms with Gasteiger partial charge in [-0.1, -0.05) is 61.4 Å². The Balaban J connectivity index is 1.17. The number of hydrogen-bond donors (Lipinski definition) is 3. The molecule has 3 aliphatic carbocycles. The van der Waals surface area contributed by atoms with Gasteiger partial charge >= 0.3 is 12.1 Å². The fraction of sp³-hybridized carbons (Fsp3) is 0.464. The average Bonchev–Trinajstić information content (AvgIpc) is 3.77. The SMILES string of the molecule is O=C(O)CC(NC(=O)C(CNC(=O)OCC1c2ccccc2-c2ccccc21)CC1CC1)C1CC1. The molecule has 2 fully saturated rings. The quantitative estimate of drug-likeness (QED) is 0.448. The minimum atomic E-state index is -0.905. The summed E-state index contributed by atoms with van der Waals surface area (Å²) in [5.74, 6) is -0.751. The van der Waals surface area contributed by atoms with E-state index in [1.807, 2.05) is 24.3 Å². The number of aliphatic carboxylic acids is 1. The molecule has 2 unspecified atom stereocenters. The number of nitrogens with one attached hydrogen (secondary N) is 2. The molecule has 184 valence electrons. The Morgan fingerprint density at radius 2 is 1.57 bits per heavy atom. The number of hydrogen-bond acceptors (Lipinski definition) is 4. The van der Waals surface area contributed by atoms with Crippen LogP contribution in [-0.4, -0.2) is 42.3 Å². The van der Waals surface area contributed by atoms with Gasteiger partial charge in [-0.3, -0.25) is 9.59 Å². The zero-order valence-electron chi connectivity index (χ0n) is 19.7. The van der Waals surface area contributed by atoms with Crippen LogP contribution >= 0.6 is 0 Å². The normalized spacial score (nSPS) is 18.2. The van der Waals surface area contributed by atoms with Crippen LogP contribution in [0.3, 0.4) is 0 Å². The molecule has 5 rings (SSSR count). The van der Waals surface area contributed by atoms with Gasteiger partial charge in [-0.25, -0.2) is 4.79 Å². The Morgan fingerprint density at radius 1 is 0.943 bits per heavy atom. The van der Waals surface area contributed by atoms with Crippen LogP contribution in [0.2, 0.25) is 0 Å². The predicted octanol–water partition coefficient (Wildman–Crippen LogP) is 4.31. The summed E-state index contributed by atoms with van der Waals surface area (Å²) in [4.78, 5) is 36.8. The standard InChI is InChI=1S/C28H32N2O5/c31-26(32)14-25(18-11-12-18)30-27(33)19(13-17-9-10-17)15-29-28(34)35-16-24-22-7-3-1-5-20(22)21-6-2-4-8-23(21)24/h1-8,17-19,24-25H,9-16H2,(H,29,34)(H,30,33)(H,31,32). The van der Waals surface area contributed by atoms with Gasteiger partial charge in [0.1, 0.15) is 6.61 Å². The molecule has 0 spiro atoms. The zero-order chi connectivity index (χ0) is 24.4. The van der Waals surface area contributed by atoms with E-state index in [0.29, 0.717) is 12.3 Å². The first-order valence-electron chi connectivity index (χ1n) is 12.6. The Kier molecular flexibility index (Phi) is 6.75. The van der Waals surface area contributed by atoms with Gasteiger partial charge in [-0.05, 0) is 53.4 Å². The summed E-state index contributed by atoms with van der Waals surface area (Å²) in [5, 5.41) is 14.9. The second-order valence-electron chi connectivity index (χ2n) is 10.1. The van der Waals surface area contributed by atoms with Crippen LogP contribution in [0.4, 0.5) is 4.79 Å². The molecule has 0 aromatic heterocycles. The van der Waals surface area contributed by atoms with E-state index in [1.165, 1.54) is 11.1 Å². The number of amides is 2. The van der Waals surface area contributed by atoms with Crippen molar-refractivity contribution in [3.63, 3.8) is 0 Å². The lowest BCUT2D eigenvalue weighted by Crippen LogP contribution is -2.45. The highest BCUT2D eigenvalue weighted by Crippen LogP contribution is 2.44. The monoisotopic (exact) mass is 476 g/mol. The molecule has 0 heterocycles. The molecule has 2 aromatic rings. The lowest BCUT2D eigenvalue weighted by atomic mass is 9.98. The van der Waals surface area contributed by atoms with Crippen LogP contribution in [-0.2, 0) is 14.3 Å². The van der Waals surface area contributed by atoms with E-state index in [1.54, 1.807) is 0 Å². The molecule has 0 radical (unpaired) electrons. The number of fused-ring (bicyclic) bond motifs is 3. The molecule has 2 amide bonds. The summed E-state index contributed by atoms with van der Waals surface area (Å²) in [7, 11) is 0. The maximum atomic E-state index is 13.0. The van der Waals surface area contributed by atoms with Crippen molar-refractivity contribution in [2.45, 2.75) is 50.5 Å². The number of alkyl carbamates (subject to hydrolysis) is 1. The molecule has 2 aromatic carbocycles. The fourth-order valence-electron chi connectivity index (χ4n) is 5.22. The Hall–Kier alpha value is -3.35. The molecular weight excluding hydrogens is 444 g/mol. The smallest absolute Gasteiger partial charge is 0.407 e. The summed E-state index contributed by atoms with van der Waals surface area (Å²) in [6.45, 7) is 0.408. The topological polar surface area (TPSA) is 105 Å². The van der Waals surface area contributed by atoms with Gasteiger partial charge in [0.2, 0.25) is 5.91 Å². The molecule has 7 heteroatoms. The number of carboxylic acids is 1. The molecule has 0 saturated heterocycles. The van der Waals surface area contributed by atoms with Crippen LogP contribution in [0, 0.1) is 17.8 Å². The van der Waals surface area contributed by atoms with Crippen molar-refractivity contribution in [2.75, 3.05) is 13.2 Å². The van der Waals surface area contributed by atoms with Crippen molar-refractivity contribution in [3.8, 4) is 11.1 Å². The van der Waals surface area contributed by atoms with E-state index in [4.69, 9.17) is 4.74 Å². The van der Waals surface area contributed by atoms with Gasteiger partial charge in [0, 0.05) is 18.5 Å². The van der Waals surface area contributed by atoms with Crippen LogP contribution < -0.4 is 10.6 Å². The second kappa shape index (κ2) is 10.1. The van der Waals surface area contributed by atoms with Crippen LogP contribution in [0.25, 0.3) is 11.1 Å². The average molecular weight is 477 g/mol. The van der Waals surface area contributed by atoms with Crippen molar-refractivity contribution >= 4 is 18.0 Å². The fourth-order valence-corrected chi connectivity index (χ4v) is 5.22. The largest absolute Gasteiger partial charge is 0.481 e. The third-order valence-corrected chi connectivity index (χ3v) is 7.44. The van der Waals surface area contributed by atoms with E-state index in [0.717, 1.165) is 36.8 Å². The minimum absolute atomic E-state index is 0.0194. The van der Waals surface area contributed by atoms with E-state index >= 15 is 0 Å². The van der Waals surface area contributed by atoms with Crippen LogP contribution in [0.15, 0.2) is 48.5 Å². The molecule has 35 heavy (non-hydrogen) atoms. The third kappa shape index (κ3) is 5.66. The molecule has 2 atom stereocenters. The zero-order valence-corrected chi connectivity index (χ0v) is 19.7. The number of rotatable bonds is 11. The number of ether oxygens (including phenoxy) is 1. The maximum Gasteiger partial charge on any atom is 0.407 e. The molecule has 3 N–H and O–H groups in total. The van der Waals surface area contributed by atoms with Gasteiger partial charge in [0.25, 0.3) is 0 Å². The van der Waals surface area contributed by atoms with Crippen molar-refractivity contribution in [3.05, 3.63) is 59.7 Å². The third-order valence-electron chi connectivity index (χ3n) is 7.44. The second-order valence-corrected chi connectivity index (χ2v) is 10.1.